The first-order valence-corrected chi connectivity index (χ1v) is 4.47. The van der Waals surface area contributed by atoms with Gasteiger partial charge in [-0.05, 0) is 6.92 Å². The molecule has 1 aromatic heterocycles. The van der Waals surface area contributed by atoms with Gasteiger partial charge in [-0.2, -0.15) is 0 Å². The van der Waals surface area contributed by atoms with Crippen molar-refractivity contribution in [1.82, 2.24) is 20.3 Å². The highest BCUT2D eigenvalue weighted by Crippen LogP contribution is 1.97. The van der Waals surface area contributed by atoms with Crippen LogP contribution in [0.4, 0.5) is 0 Å². The highest BCUT2D eigenvalue weighted by Gasteiger charge is 2.13. The molecule has 0 radical (unpaired) electrons. The minimum Gasteiger partial charge on any atom is -0.350 e. The molecule has 4 N–H and O–H groups in total. The molecule has 0 saturated heterocycles. The van der Waals surface area contributed by atoms with E-state index in [4.69, 9.17) is 5.84 Å². The van der Waals surface area contributed by atoms with Crippen molar-refractivity contribution in [1.29, 1.82) is 0 Å². The molecule has 0 saturated carbocycles. The van der Waals surface area contributed by atoms with Crippen molar-refractivity contribution in [2.75, 3.05) is 6.54 Å². The van der Waals surface area contributed by atoms with Gasteiger partial charge in [0.05, 0.1) is 0 Å². The molecule has 1 heterocycles. The number of aromatic nitrogens is 2. The summed E-state index contributed by atoms with van der Waals surface area (Å²) >= 11 is 0. The summed E-state index contributed by atoms with van der Waals surface area (Å²) in [5.41, 5.74) is 1.98. The lowest BCUT2D eigenvalue weighted by Crippen LogP contribution is -2.35. The van der Waals surface area contributed by atoms with Crippen LogP contribution in [0.25, 0.3) is 0 Å². The summed E-state index contributed by atoms with van der Waals surface area (Å²) in [6, 6.07) is 0. The number of hydrogen-bond donors (Lipinski definition) is 3. The van der Waals surface area contributed by atoms with Crippen molar-refractivity contribution in [3.63, 3.8) is 0 Å². The summed E-state index contributed by atoms with van der Waals surface area (Å²) in [6.07, 6.45) is 2.99. The molecule has 0 aliphatic heterocycles. The van der Waals surface area contributed by atoms with Crippen LogP contribution in [-0.4, -0.2) is 27.9 Å². The van der Waals surface area contributed by atoms with Crippen molar-refractivity contribution in [3.8, 4) is 0 Å². The van der Waals surface area contributed by atoms with E-state index >= 15 is 0 Å². The first kappa shape index (κ1) is 11.2. The molecule has 0 unspecified atom stereocenters. The normalized spacial score (nSPS) is 9.73. The Hall–Kier alpha value is -1.89. The number of nitrogens with two attached hydrogens (primary N) is 1. The molecule has 1 rings (SSSR count). The van der Waals surface area contributed by atoms with Crippen LogP contribution in [0.3, 0.4) is 0 Å². The molecule has 0 spiro atoms. The van der Waals surface area contributed by atoms with Gasteiger partial charge in [0.25, 0.3) is 11.8 Å². The van der Waals surface area contributed by atoms with E-state index in [1.165, 1.54) is 10.8 Å². The number of nitrogens with zero attached hydrogens (tertiary/aromatic N) is 2. The minimum absolute atomic E-state index is 0.0248. The van der Waals surface area contributed by atoms with Crippen LogP contribution in [0.5, 0.6) is 0 Å². The zero-order valence-corrected chi connectivity index (χ0v) is 8.36. The van der Waals surface area contributed by atoms with Gasteiger partial charge in [-0.15, -0.1) is 0 Å². The second-order valence-electron chi connectivity index (χ2n) is 2.81. The van der Waals surface area contributed by atoms with Gasteiger partial charge in [-0.25, -0.2) is 10.8 Å². The summed E-state index contributed by atoms with van der Waals surface area (Å²) < 4.78 is 1.42. The van der Waals surface area contributed by atoms with E-state index in [1.807, 2.05) is 5.43 Å². The molecule has 15 heavy (non-hydrogen) atoms. The Labute approximate surface area is 86.6 Å². The summed E-state index contributed by atoms with van der Waals surface area (Å²) in [4.78, 5) is 26.3. The summed E-state index contributed by atoms with van der Waals surface area (Å²) in [5.74, 6) is 4.43. The molecule has 0 aliphatic rings. The third-order valence-corrected chi connectivity index (χ3v) is 1.73. The van der Waals surface area contributed by atoms with Gasteiger partial charge >= 0.3 is 0 Å². The lowest BCUT2D eigenvalue weighted by atomic mass is 10.5. The Balaban J connectivity index is 2.77. The van der Waals surface area contributed by atoms with E-state index in [1.54, 1.807) is 13.1 Å². The van der Waals surface area contributed by atoms with Crippen LogP contribution in [0.15, 0.2) is 12.4 Å². The van der Waals surface area contributed by atoms with Crippen LogP contribution in [0, 0.1) is 0 Å². The summed E-state index contributed by atoms with van der Waals surface area (Å²) in [6.45, 7) is 2.29. The molecule has 0 bridgehead atoms. The second kappa shape index (κ2) is 5.11. The molecule has 7 nitrogen and oxygen atoms in total. The fourth-order valence-electron chi connectivity index (χ4n) is 1.09. The lowest BCUT2D eigenvalue weighted by molar-refractivity contribution is -0.121. The van der Waals surface area contributed by atoms with Crippen LogP contribution in [0.2, 0.25) is 0 Å². The number of nitrogens with one attached hydrogen (secondary N) is 2. The van der Waals surface area contributed by atoms with Gasteiger partial charge in [0.15, 0.2) is 5.82 Å². The lowest BCUT2D eigenvalue weighted by Gasteiger charge is -2.05. The van der Waals surface area contributed by atoms with Crippen molar-refractivity contribution >= 4 is 11.8 Å². The second-order valence-corrected chi connectivity index (χ2v) is 2.81. The molecule has 0 fully saturated rings. The number of hydrazine groups is 1. The van der Waals surface area contributed by atoms with Crippen LogP contribution < -0.4 is 16.6 Å². The number of amides is 2. The van der Waals surface area contributed by atoms with Crippen molar-refractivity contribution in [2.24, 2.45) is 5.84 Å². The Kier molecular flexibility index (Phi) is 3.81. The Bertz CT molecular complexity index is 360. The predicted octanol–water partition coefficient (Wildman–Crippen LogP) is -1.38. The Morgan fingerprint density at radius 2 is 2.33 bits per heavy atom. The van der Waals surface area contributed by atoms with Gasteiger partial charge in [0.2, 0.25) is 0 Å². The standard InChI is InChI=1S/C8H13N5O2/c1-2-10-8(15)7-11-3-4-13(7)5-6(14)12-9/h3-4H,2,5,9H2,1H3,(H,10,15)(H,12,14). The molecule has 0 atom stereocenters. The highest BCUT2D eigenvalue weighted by molar-refractivity contribution is 5.91. The topological polar surface area (TPSA) is 102 Å². The summed E-state index contributed by atoms with van der Waals surface area (Å²) in [7, 11) is 0. The molecule has 0 aliphatic carbocycles. The summed E-state index contributed by atoms with van der Waals surface area (Å²) in [5, 5.41) is 2.59. The molecule has 0 aromatic carbocycles. The van der Waals surface area contributed by atoms with E-state index < -0.39 is 5.91 Å². The van der Waals surface area contributed by atoms with E-state index in [0.717, 1.165) is 0 Å². The maximum atomic E-state index is 11.4. The minimum atomic E-state index is -0.390. The SMILES string of the molecule is CCNC(=O)c1nccn1CC(=O)NN. The zero-order valence-electron chi connectivity index (χ0n) is 8.36. The number of carbonyl (C=O) groups is 2. The number of rotatable bonds is 4. The van der Waals surface area contributed by atoms with E-state index in [0.29, 0.717) is 6.54 Å². The number of hydrogen-bond acceptors (Lipinski definition) is 4. The monoisotopic (exact) mass is 211 g/mol. The van der Waals surface area contributed by atoms with Gasteiger partial charge < -0.3 is 9.88 Å². The third-order valence-electron chi connectivity index (χ3n) is 1.73. The predicted molar refractivity (Wildman–Crippen MR) is 52.6 cm³/mol. The van der Waals surface area contributed by atoms with Crippen LogP contribution in [0.1, 0.15) is 17.5 Å². The molecular weight excluding hydrogens is 198 g/mol. The van der Waals surface area contributed by atoms with Crippen molar-refractivity contribution in [2.45, 2.75) is 13.5 Å². The average Bonchev–Trinajstić information content (AvgIpc) is 2.66. The maximum Gasteiger partial charge on any atom is 0.287 e. The smallest absolute Gasteiger partial charge is 0.287 e. The molecule has 1 aromatic rings. The Morgan fingerprint density at radius 1 is 1.60 bits per heavy atom. The Morgan fingerprint density at radius 3 is 2.93 bits per heavy atom. The van der Waals surface area contributed by atoms with E-state index in [9.17, 15) is 9.59 Å². The molecule has 82 valence electrons. The van der Waals surface area contributed by atoms with E-state index in [-0.39, 0.29) is 18.3 Å². The average molecular weight is 211 g/mol. The zero-order chi connectivity index (χ0) is 11.3. The van der Waals surface area contributed by atoms with E-state index in [2.05, 4.69) is 10.3 Å². The number of carbonyl (C=O) groups excluding carboxylic acids is 2. The largest absolute Gasteiger partial charge is 0.350 e. The van der Waals surface area contributed by atoms with Gasteiger partial charge in [0, 0.05) is 18.9 Å². The molecular formula is C8H13N5O2. The highest BCUT2D eigenvalue weighted by atomic mass is 16.2. The first-order valence-electron chi connectivity index (χ1n) is 4.47. The van der Waals surface area contributed by atoms with Crippen LogP contribution >= 0.6 is 0 Å². The van der Waals surface area contributed by atoms with Crippen molar-refractivity contribution < 1.29 is 9.59 Å². The fraction of sp³-hybridized carbons (Fsp3) is 0.375. The van der Waals surface area contributed by atoms with Gasteiger partial charge in [0.1, 0.15) is 6.54 Å². The third kappa shape index (κ3) is 2.78. The maximum absolute atomic E-state index is 11.4. The quantitative estimate of drug-likeness (QED) is 0.324. The fourth-order valence-corrected chi connectivity index (χ4v) is 1.09. The molecule has 2 amide bonds. The van der Waals surface area contributed by atoms with Crippen molar-refractivity contribution in [3.05, 3.63) is 18.2 Å². The number of imidazole rings is 1. The van der Waals surface area contributed by atoms with Crippen LogP contribution in [-0.2, 0) is 11.3 Å². The van der Waals surface area contributed by atoms with Gasteiger partial charge in [-0.3, -0.25) is 15.0 Å². The molecule has 7 heteroatoms. The first-order chi connectivity index (χ1) is 7.19. The van der Waals surface area contributed by atoms with Gasteiger partial charge in [-0.1, -0.05) is 0 Å².